The first-order valence-corrected chi connectivity index (χ1v) is 3.62. The highest BCUT2D eigenvalue weighted by Gasteiger charge is 2.20. The van der Waals surface area contributed by atoms with Crippen LogP contribution in [0.2, 0.25) is 0 Å². The van der Waals surface area contributed by atoms with Crippen LogP contribution >= 0.6 is 0 Å². The highest BCUT2D eigenvalue weighted by atomic mass is 19.3. The van der Waals surface area contributed by atoms with E-state index < -0.39 is 12.3 Å². The Morgan fingerprint density at radius 1 is 1.77 bits per heavy atom. The fourth-order valence-corrected chi connectivity index (χ4v) is 0.854. The summed E-state index contributed by atoms with van der Waals surface area (Å²) in [6.45, 7) is 0.0656. The number of aromatic amines is 1. The first-order chi connectivity index (χ1) is 6.11. The van der Waals surface area contributed by atoms with E-state index in [-0.39, 0.29) is 6.54 Å². The van der Waals surface area contributed by atoms with Crippen molar-refractivity contribution >= 4 is 5.91 Å². The summed E-state index contributed by atoms with van der Waals surface area (Å²) >= 11 is 0. The molecule has 0 fully saturated rings. The number of nitrogens with one attached hydrogen (secondary N) is 1. The third kappa shape index (κ3) is 2.50. The Balaban J connectivity index is 2.51. The second-order valence-electron chi connectivity index (χ2n) is 2.53. The molecule has 1 amide bonds. The second-order valence-corrected chi connectivity index (χ2v) is 2.53. The molecular formula is C7H9F2N3O. The number of hydrogen-bond donors (Lipinski definition) is 1. The molecule has 0 spiro atoms. The van der Waals surface area contributed by atoms with Crippen LogP contribution in [-0.4, -0.2) is 34.2 Å². The Hall–Kier alpha value is -1.46. The van der Waals surface area contributed by atoms with Crippen molar-refractivity contribution in [2.24, 2.45) is 0 Å². The number of nitrogens with zero attached hydrogens (tertiary/aromatic N) is 2. The molecule has 0 aromatic carbocycles. The number of hydrogen-bond acceptors (Lipinski definition) is 2. The molecule has 1 heterocycles. The summed E-state index contributed by atoms with van der Waals surface area (Å²) in [6, 6.07) is 0. The van der Waals surface area contributed by atoms with Crippen LogP contribution in [0.5, 0.6) is 0 Å². The van der Waals surface area contributed by atoms with Crippen LogP contribution in [0.1, 0.15) is 5.82 Å². The molecule has 1 N–H and O–H groups in total. The number of H-pyrrole nitrogens is 1. The summed E-state index contributed by atoms with van der Waals surface area (Å²) in [6.07, 6.45) is 0.103. The zero-order valence-electron chi connectivity index (χ0n) is 7.00. The molecular weight excluding hydrogens is 180 g/mol. The lowest BCUT2D eigenvalue weighted by Crippen LogP contribution is -2.31. The van der Waals surface area contributed by atoms with Crippen molar-refractivity contribution in [3.8, 4) is 0 Å². The molecule has 0 aliphatic heterocycles. The first-order valence-electron chi connectivity index (χ1n) is 3.62. The molecule has 0 saturated heterocycles. The molecule has 0 aliphatic rings. The van der Waals surface area contributed by atoms with E-state index in [0.29, 0.717) is 5.82 Å². The molecule has 1 rings (SSSR count). The molecule has 0 radical (unpaired) electrons. The lowest BCUT2D eigenvalue weighted by Gasteiger charge is -2.14. The van der Waals surface area contributed by atoms with Crippen LogP contribution in [-0.2, 0) is 11.3 Å². The van der Waals surface area contributed by atoms with Gasteiger partial charge < -0.3 is 9.88 Å². The van der Waals surface area contributed by atoms with Gasteiger partial charge in [-0.3, -0.25) is 4.79 Å². The SMILES string of the molecule is CN(Cc1ncc[nH]1)C(=O)C(F)F. The molecule has 4 nitrogen and oxygen atoms in total. The van der Waals surface area contributed by atoms with Crippen molar-refractivity contribution in [3.63, 3.8) is 0 Å². The Morgan fingerprint density at radius 3 is 2.92 bits per heavy atom. The number of carbonyl (C=O) groups is 1. The van der Waals surface area contributed by atoms with Gasteiger partial charge >= 0.3 is 6.43 Å². The number of rotatable bonds is 3. The van der Waals surface area contributed by atoms with Crippen LogP contribution in [0.15, 0.2) is 12.4 Å². The molecule has 0 unspecified atom stereocenters. The number of halogens is 2. The zero-order valence-corrected chi connectivity index (χ0v) is 7.00. The highest BCUT2D eigenvalue weighted by Crippen LogP contribution is 2.02. The Kier molecular flexibility index (Phi) is 2.94. The van der Waals surface area contributed by atoms with Gasteiger partial charge in [0.05, 0.1) is 6.54 Å². The third-order valence-corrected chi connectivity index (χ3v) is 1.50. The maximum absolute atomic E-state index is 11.9. The van der Waals surface area contributed by atoms with Crippen molar-refractivity contribution in [2.45, 2.75) is 13.0 Å². The number of alkyl halides is 2. The molecule has 72 valence electrons. The summed E-state index contributed by atoms with van der Waals surface area (Å²) in [5, 5.41) is 0. The smallest absolute Gasteiger partial charge is 0.315 e. The predicted molar refractivity (Wildman–Crippen MR) is 41.1 cm³/mol. The van der Waals surface area contributed by atoms with E-state index in [1.807, 2.05) is 0 Å². The van der Waals surface area contributed by atoms with E-state index in [1.165, 1.54) is 13.2 Å². The Bertz CT molecular complexity index is 273. The fraction of sp³-hybridized carbons (Fsp3) is 0.429. The average Bonchev–Trinajstić information content (AvgIpc) is 2.55. The van der Waals surface area contributed by atoms with Crippen molar-refractivity contribution < 1.29 is 13.6 Å². The van der Waals surface area contributed by atoms with Gasteiger partial charge in [0.25, 0.3) is 5.91 Å². The number of imidazole rings is 1. The van der Waals surface area contributed by atoms with Crippen molar-refractivity contribution in [1.82, 2.24) is 14.9 Å². The largest absolute Gasteiger partial charge is 0.347 e. The van der Waals surface area contributed by atoms with E-state index in [9.17, 15) is 13.6 Å². The van der Waals surface area contributed by atoms with Crippen molar-refractivity contribution in [3.05, 3.63) is 18.2 Å². The number of carbonyl (C=O) groups excluding carboxylic acids is 1. The van der Waals surface area contributed by atoms with Crippen LogP contribution in [0.25, 0.3) is 0 Å². The fourth-order valence-electron chi connectivity index (χ4n) is 0.854. The van der Waals surface area contributed by atoms with Gasteiger partial charge in [0.15, 0.2) is 0 Å². The molecule has 1 aromatic rings. The van der Waals surface area contributed by atoms with Gasteiger partial charge in [-0.05, 0) is 0 Å². The minimum Gasteiger partial charge on any atom is -0.347 e. The van der Waals surface area contributed by atoms with Gasteiger partial charge in [0.2, 0.25) is 0 Å². The van der Waals surface area contributed by atoms with Crippen LogP contribution in [0.4, 0.5) is 8.78 Å². The van der Waals surface area contributed by atoms with Crippen molar-refractivity contribution in [2.75, 3.05) is 7.05 Å². The van der Waals surface area contributed by atoms with Crippen LogP contribution < -0.4 is 0 Å². The third-order valence-electron chi connectivity index (χ3n) is 1.50. The van der Waals surface area contributed by atoms with Gasteiger partial charge in [0.1, 0.15) is 5.82 Å². The van der Waals surface area contributed by atoms with E-state index >= 15 is 0 Å². The van der Waals surface area contributed by atoms with Crippen molar-refractivity contribution in [1.29, 1.82) is 0 Å². The quantitative estimate of drug-likeness (QED) is 0.758. The van der Waals surface area contributed by atoms with E-state index in [0.717, 1.165) is 4.90 Å². The Morgan fingerprint density at radius 2 is 2.46 bits per heavy atom. The second kappa shape index (κ2) is 3.97. The number of aromatic nitrogens is 2. The minimum atomic E-state index is -2.96. The average molecular weight is 189 g/mol. The van der Waals surface area contributed by atoms with E-state index in [1.54, 1.807) is 6.20 Å². The van der Waals surface area contributed by atoms with Gasteiger partial charge in [-0.1, -0.05) is 0 Å². The standard InChI is InChI=1S/C7H9F2N3O/c1-12(7(13)6(8)9)4-5-10-2-3-11-5/h2-3,6H,4H2,1H3,(H,10,11). The first kappa shape index (κ1) is 9.63. The van der Waals surface area contributed by atoms with Gasteiger partial charge in [-0.2, -0.15) is 8.78 Å². The van der Waals surface area contributed by atoms with Gasteiger partial charge in [-0.15, -0.1) is 0 Å². The molecule has 0 atom stereocenters. The number of amides is 1. The molecule has 6 heteroatoms. The zero-order chi connectivity index (χ0) is 9.84. The summed E-state index contributed by atoms with van der Waals surface area (Å²) in [5.41, 5.74) is 0. The van der Waals surface area contributed by atoms with Gasteiger partial charge in [0, 0.05) is 19.4 Å². The normalized spacial score (nSPS) is 10.5. The molecule has 1 aromatic heterocycles. The highest BCUT2D eigenvalue weighted by molar-refractivity contribution is 5.78. The molecule has 0 saturated carbocycles. The van der Waals surface area contributed by atoms with Gasteiger partial charge in [-0.25, -0.2) is 4.98 Å². The minimum absolute atomic E-state index is 0.0656. The predicted octanol–water partition coefficient (Wildman–Crippen LogP) is 0.633. The molecule has 13 heavy (non-hydrogen) atoms. The van der Waals surface area contributed by atoms with E-state index in [2.05, 4.69) is 9.97 Å². The summed E-state index contributed by atoms with van der Waals surface area (Å²) in [5.74, 6) is -0.715. The maximum Gasteiger partial charge on any atom is 0.315 e. The summed E-state index contributed by atoms with van der Waals surface area (Å²) < 4.78 is 23.8. The molecule has 0 bridgehead atoms. The lowest BCUT2D eigenvalue weighted by molar-refractivity contribution is -0.142. The topological polar surface area (TPSA) is 49.0 Å². The van der Waals surface area contributed by atoms with Crippen LogP contribution in [0, 0.1) is 0 Å². The summed E-state index contributed by atoms with van der Waals surface area (Å²) in [7, 11) is 1.30. The maximum atomic E-state index is 11.9. The van der Waals surface area contributed by atoms with E-state index in [4.69, 9.17) is 0 Å². The monoisotopic (exact) mass is 189 g/mol. The Labute approximate surface area is 73.6 Å². The molecule has 0 aliphatic carbocycles. The van der Waals surface area contributed by atoms with Crippen LogP contribution in [0.3, 0.4) is 0 Å². The summed E-state index contributed by atoms with van der Waals surface area (Å²) in [4.78, 5) is 18.1. The lowest BCUT2D eigenvalue weighted by atomic mass is 10.5.